The van der Waals surface area contributed by atoms with Gasteiger partial charge in [0.1, 0.15) is 6.04 Å². The number of fused-ring (bicyclic) bond motifs is 1. The summed E-state index contributed by atoms with van der Waals surface area (Å²) in [6, 6.07) is 7.63. The molecule has 1 amide bonds. The van der Waals surface area contributed by atoms with Crippen molar-refractivity contribution in [3.8, 4) is 0 Å². The van der Waals surface area contributed by atoms with Gasteiger partial charge in [-0.3, -0.25) is 9.78 Å². The Labute approximate surface area is 111 Å². The molecule has 2 aromatic rings. The molecule has 1 aromatic heterocycles. The molecule has 5 heteroatoms. The average molecular weight is 256 g/mol. The first kappa shape index (κ1) is 11.8. The van der Waals surface area contributed by atoms with Crippen LogP contribution in [-0.2, 0) is 4.79 Å². The molecule has 1 aliphatic heterocycles. The highest BCUT2D eigenvalue weighted by molar-refractivity contribution is 6.00. The summed E-state index contributed by atoms with van der Waals surface area (Å²) in [5, 5.41) is 3.85. The van der Waals surface area contributed by atoms with Crippen molar-refractivity contribution in [3.05, 3.63) is 30.5 Å². The quantitative estimate of drug-likeness (QED) is 0.802. The smallest absolute Gasteiger partial charge is 0.242 e. The fraction of sp³-hybridized carbons (Fsp3) is 0.286. The molecule has 19 heavy (non-hydrogen) atoms. The number of carbonyl (C=O) groups is 1. The topological polar surface area (TPSA) is 71.2 Å². The first-order valence-electron chi connectivity index (χ1n) is 6.36. The Morgan fingerprint density at radius 3 is 3.05 bits per heavy atom. The van der Waals surface area contributed by atoms with Gasteiger partial charge in [-0.05, 0) is 13.0 Å². The van der Waals surface area contributed by atoms with Crippen LogP contribution in [0.15, 0.2) is 30.5 Å². The monoisotopic (exact) mass is 256 g/mol. The number of benzene rings is 1. The molecule has 0 radical (unpaired) electrons. The summed E-state index contributed by atoms with van der Waals surface area (Å²) >= 11 is 0. The van der Waals surface area contributed by atoms with Crippen molar-refractivity contribution in [2.75, 3.05) is 23.7 Å². The van der Waals surface area contributed by atoms with Crippen LogP contribution in [0.4, 0.5) is 11.4 Å². The lowest BCUT2D eigenvalue weighted by atomic mass is 10.1. The zero-order valence-corrected chi connectivity index (χ0v) is 10.8. The molecule has 3 N–H and O–H groups in total. The summed E-state index contributed by atoms with van der Waals surface area (Å²) in [4.78, 5) is 18.2. The van der Waals surface area contributed by atoms with Gasteiger partial charge in [0.15, 0.2) is 0 Å². The van der Waals surface area contributed by atoms with Gasteiger partial charge in [0, 0.05) is 18.5 Å². The van der Waals surface area contributed by atoms with Crippen LogP contribution >= 0.6 is 0 Å². The number of nitrogens with two attached hydrogens (primary N) is 1. The maximum atomic E-state index is 11.8. The Morgan fingerprint density at radius 1 is 1.42 bits per heavy atom. The molecule has 98 valence electrons. The molecular weight excluding hydrogens is 240 g/mol. The maximum absolute atomic E-state index is 11.8. The SMILES string of the molecule is CC1C(=O)NCCN1c1c(N)cnc2ccccc12. The largest absolute Gasteiger partial charge is 0.396 e. The van der Waals surface area contributed by atoms with Gasteiger partial charge in [-0.15, -0.1) is 0 Å². The summed E-state index contributed by atoms with van der Waals surface area (Å²) in [5.74, 6) is 0.0338. The minimum absolute atomic E-state index is 0.0338. The minimum Gasteiger partial charge on any atom is -0.396 e. The van der Waals surface area contributed by atoms with E-state index in [4.69, 9.17) is 5.73 Å². The number of nitrogens with one attached hydrogen (secondary N) is 1. The zero-order valence-electron chi connectivity index (χ0n) is 10.8. The second-order valence-electron chi connectivity index (χ2n) is 4.74. The fourth-order valence-corrected chi connectivity index (χ4v) is 2.55. The van der Waals surface area contributed by atoms with Crippen molar-refractivity contribution < 1.29 is 4.79 Å². The Morgan fingerprint density at radius 2 is 2.21 bits per heavy atom. The van der Waals surface area contributed by atoms with E-state index in [9.17, 15) is 4.79 Å². The van der Waals surface area contributed by atoms with E-state index in [1.165, 1.54) is 0 Å². The lowest BCUT2D eigenvalue weighted by Crippen LogP contribution is -2.54. The predicted molar refractivity (Wildman–Crippen MR) is 76.0 cm³/mol. The number of hydrogen-bond acceptors (Lipinski definition) is 4. The molecule has 1 aliphatic rings. The molecule has 3 rings (SSSR count). The van der Waals surface area contributed by atoms with Crippen LogP contribution in [0.1, 0.15) is 6.92 Å². The molecule has 1 fully saturated rings. The summed E-state index contributed by atoms with van der Waals surface area (Å²) in [6.45, 7) is 3.29. The van der Waals surface area contributed by atoms with Crippen LogP contribution in [0.2, 0.25) is 0 Å². The summed E-state index contributed by atoms with van der Waals surface area (Å²) in [5.41, 5.74) is 8.50. The van der Waals surface area contributed by atoms with Gasteiger partial charge in [-0.25, -0.2) is 0 Å². The average Bonchev–Trinajstić information content (AvgIpc) is 2.43. The molecule has 2 heterocycles. The van der Waals surface area contributed by atoms with Crippen LogP contribution in [0.3, 0.4) is 0 Å². The number of nitrogen functional groups attached to an aromatic ring is 1. The number of carbonyl (C=O) groups excluding carboxylic acids is 1. The van der Waals surface area contributed by atoms with Crippen molar-refractivity contribution in [3.63, 3.8) is 0 Å². The number of pyridine rings is 1. The third kappa shape index (κ3) is 1.87. The van der Waals surface area contributed by atoms with Gasteiger partial charge in [-0.1, -0.05) is 18.2 Å². The van der Waals surface area contributed by atoms with E-state index in [0.717, 1.165) is 23.1 Å². The van der Waals surface area contributed by atoms with E-state index < -0.39 is 0 Å². The number of piperazine rings is 1. The number of rotatable bonds is 1. The number of anilines is 2. The van der Waals surface area contributed by atoms with E-state index in [-0.39, 0.29) is 11.9 Å². The molecule has 1 atom stereocenters. The van der Waals surface area contributed by atoms with Crippen LogP contribution in [0.25, 0.3) is 10.9 Å². The number of para-hydroxylation sites is 1. The third-order valence-corrected chi connectivity index (χ3v) is 3.56. The number of hydrogen-bond donors (Lipinski definition) is 2. The van der Waals surface area contributed by atoms with E-state index >= 15 is 0 Å². The van der Waals surface area contributed by atoms with Crippen LogP contribution in [-0.4, -0.2) is 30.0 Å². The van der Waals surface area contributed by atoms with Gasteiger partial charge in [0.25, 0.3) is 0 Å². The van der Waals surface area contributed by atoms with Crippen molar-refractivity contribution >= 4 is 28.2 Å². The van der Waals surface area contributed by atoms with Gasteiger partial charge < -0.3 is 16.0 Å². The Hall–Kier alpha value is -2.30. The van der Waals surface area contributed by atoms with E-state index in [1.54, 1.807) is 6.20 Å². The molecule has 0 spiro atoms. The van der Waals surface area contributed by atoms with Crippen molar-refractivity contribution in [2.45, 2.75) is 13.0 Å². The highest BCUT2D eigenvalue weighted by Gasteiger charge is 2.28. The minimum atomic E-state index is -0.221. The standard InChI is InChI=1S/C14H16N4O/c1-9-14(19)16-6-7-18(9)13-10-4-2-3-5-12(10)17-8-11(13)15/h2-5,8-9H,6-7,15H2,1H3,(H,16,19). The molecule has 1 unspecified atom stereocenters. The Bertz CT molecular complexity index is 640. The highest BCUT2D eigenvalue weighted by Crippen LogP contribution is 2.33. The van der Waals surface area contributed by atoms with Crippen LogP contribution in [0, 0.1) is 0 Å². The van der Waals surface area contributed by atoms with Gasteiger partial charge >= 0.3 is 0 Å². The fourth-order valence-electron chi connectivity index (χ4n) is 2.55. The number of amides is 1. The highest BCUT2D eigenvalue weighted by atomic mass is 16.2. The lowest BCUT2D eigenvalue weighted by Gasteiger charge is -2.36. The molecule has 1 saturated heterocycles. The predicted octanol–water partition coefficient (Wildman–Crippen LogP) is 1.14. The summed E-state index contributed by atoms with van der Waals surface area (Å²) in [7, 11) is 0. The second kappa shape index (κ2) is 4.42. The number of nitrogens with zero attached hydrogens (tertiary/aromatic N) is 2. The first-order valence-corrected chi connectivity index (χ1v) is 6.36. The summed E-state index contributed by atoms with van der Waals surface area (Å²) < 4.78 is 0. The van der Waals surface area contributed by atoms with Crippen molar-refractivity contribution in [1.82, 2.24) is 10.3 Å². The van der Waals surface area contributed by atoms with Crippen LogP contribution < -0.4 is 16.0 Å². The first-order chi connectivity index (χ1) is 9.18. The van der Waals surface area contributed by atoms with Gasteiger partial charge in [0.05, 0.1) is 23.1 Å². The third-order valence-electron chi connectivity index (χ3n) is 3.56. The summed E-state index contributed by atoms with van der Waals surface area (Å²) in [6.07, 6.45) is 1.66. The molecule has 1 aromatic carbocycles. The Kier molecular flexibility index (Phi) is 2.74. The van der Waals surface area contributed by atoms with Gasteiger partial charge in [0.2, 0.25) is 5.91 Å². The molecule has 0 saturated carbocycles. The van der Waals surface area contributed by atoms with E-state index in [1.807, 2.05) is 31.2 Å². The maximum Gasteiger partial charge on any atom is 0.242 e. The Balaban J connectivity index is 2.18. The van der Waals surface area contributed by atoms with E-state index in [2.05, 4.69) is 15.2 Å². The van der Waals surface area contributed by atoms with Crippen molar-refractivity contribution in [2.24, 2.45) is 0 Å². The molecular formula is C14H16N4O. The molecule has 5 nitrogen and oxygen atoms in total. The normalized spacial score (nSPS) is 19.5. The van der Waals surface area contributed by atoms with Gasteiger partial charge in [-0.2, -0.15) is 0 Å². The van der Waals surface area contributed by atoms with E-state index in [0.29, 0.717) is 12.2 Å². The molecule has 0 aliphatic carbocycles. The second-order valence-corrected chi connectivity index (χ2v) is 4.74. The lowest BCUT2D eigenvalue weighted by molar-refractivity contribution is -0.122. The number of aromatic nitrogens is 1. The molecule has 0 bridgehead atoms. The van der Waals surface area contributed by atoms with Crippen molar-refractivity contribution in [1.29, 1.82) is 0 Å². The zero-order chi connectivity index (χ0) is 13.4. The van der Waals surface area contributed by atoms with Crippen LogP contribution in [0.5, 0.6) is 0 Å².